The van der Waals surface area contributed by atoms with E-state index in [0.717, 1.165) is 18.3 Å². The van der Waals surface area contributed by atoms with Crippen molar-refractivity contribution in [3.63, 3.8) is 0 Å². The molecule has 28 heavy (non-hydrogen) atoms. The molecule has 1 heterocycles. The summed E-state index contributed by atoms with van der Waals surface area (Å²) in [6, 6.07) is 9.77. The van der Waals surface area contributed by atoms with Crippen LogP contribution in [-0.2, 0) is 4.74 Å². The standard InChI is InChI=1S/C19H14F2N4O3/c1-28-19(27)11-4-2-5-12(8-11)24-16-10-22-15(9-23-16)18(26)25-17-13(20)6-3-7-14(17)21/h2-10H,1H3,(H,23,24)(H,25,26). The quantitative estimate of drug-likeness (QED) is 0.654. The molecule has 3 aromatic rings. The number of esters is 1. The second-order valence-corrected chi connectivity index (χ2v) is 5.54. The number of methoxy groups -OCH3 is 1. The van der Waals surface area contributed by atoms with Crippen LogP contribution in [0.15, 0.2) is 54.9 Å². The van der Waals surface area contributed by atoms with Crippen LogP contribution in [0.4, 0.5) is 26.0 Å². The van der Waals surface area contributed by atoms with E-state index in [4.69, 9.17) is 0 Å². The van der Waals surface area contributed by atoms with Crippen molar-refractivity contribution in [2.75, 3.05) is 17.7 Å². The topological polar surface area (TPSA) is 93.2 Å². The van der Waals surface area contributed by atoms with E-state index in [1.807, 2.05) is 0 Å². The van der Waals surface area contributed by atoms with Crippen LogP contribution in [0, 0.1) is 11.6 Å². The number of ether oxygens (including phenoxy) is 1. The third kappa shape index (κ3) is 4.26. The van der Waals surface area contributed by atoms with E-state index in [0.29, 0.717) is 17.1 Å². The molecule has 0 saturated carbocycles. The molecule has 3 rings (SSSR count). The first-order valence-electron chi connectivity index (χ1n) is 8.00. The van der Waals surface area contributed by atoms with Gasteiger partial charge in [0.25, 0.3) is 5.91 Å². The molecule has 7 nitrogen and oxygen atoms in total. The fourth-order valence-corrected chi connectivity index (χ4v) is 2.29. The Bertz CT molecular complexity index is 1010. The predicted octanol–water partition coefficient (Wildman–Crippen LogP) is 3.54. The number of anilines is 3. The van der Waals surface area contributed by atoms with Gasteiger partial charge in [0.15, 0.2) is 0 Å². The number of nitrogens with one attached hydrogen (secondary N) is 2. The second kappa shape index (κ2) is 8.21. The van der Waals surface area contributed by atoms with Crippen molar-refractivity contribution in [2.24, 2.45) is 0 Å². The van der Waals surface area contributed by atoms with E-state index < -0.39 is 29.2 Å². The first-order chi connectivity index (χ1) is 13.5. The monoisotopic (exact) mass is 384 g/mol. The van der Waals surface area contributed by atoms with Crippen molar-refractivity contribution >= 4 is 29.1 Å². The largest absolute Gasteiger partial charge is 0.465 e. The van der Waals surface area contributed by atoms with Gasteiger partial charge >= 0.3 is 5.97 Å². The molecule has 1 aromatic heterocycles. The lowest BCUT2D eigenvalue weighted by atomic mass is 10.2. The molecule has 0 aliphatic carbocycles. The number of para-hydroxylation sites is 1. The van der Waals surface area contributed by atoms with Crippen molar-refractivity contribution in [1.29, 1.82) is 0 Å². The normalized spacial score (nSPS) is 10.2. The zero-order chi connectivity index (χ0) is 20.1. The van der Waals surface area contributed by atoms with Crippen LogP contribution < -0.4 is 10.6 Å². The highest BCUT2D eigenvalue weighted by Crippen LogP contribution is 2.19. The van der Waals surface area contributed by atoms with E-state index in [-0.39, 0.29) is 5.69 Å². The van der Waals surface area contributed by atoms with E-state index in [2.05, 4.69) is 25.3 Å². The van der Waals surface area contributed by atoms with Crippen molar-refractivity contribution < 1.29 is 23.1 Å². The Balaban J connectivity index is 1.71. The molecule has 142 valence electrons. The van der Waals surface area contributed by atoms with Crippen molar-refractivity contribution in [3.8, 4) is 0 Å². The summed E-state index contributed by atoms with van der Waals surface area (Å²) in [5, 5.41) is 5.05. The number of aromatic nitrogens is 2. The predicted molar refractivity (Wildman–Crippen MR) is 97.4 cm³/mol. The number of nitrogens with zero attached hydrogens (tertiary/aromatic N) is 2. The Hall–Kier alpha value is -3.88. The van der Waals surface area contributed by atoms with Crippen LogP contribution in [0.5, 0.6) is 0 Å². The van der Waals surface area contributed by atoms with Crippen LogP contribution in [0.3, 0.4) is 0 Å². The second-order valence-electron chi connectivity index (χ2n) is 5.54. The summed E-state index contributed by atoms with van der Waals surface area (Å²) in [6.45, 7) is 0. The lowest BCUT2D eigenvalue weighted by Crippen LogP contribution is -2.16. The summed E-state index contributed by atoms with van der Waals surface area (Å²) >= 11 is 0. The molecule has 0 spiro atoms. The molecule has 9 heteroatoms. The number of amides is 1. The molecule has 0 radical (unpaired) electrons. The molecule has 0 bridgehead atoms. The summed E-state index contributed by atoms with van der Waals surface area (Å²) in [5.41, 5.74) is 0.221. The number of halogens is 2. The van der Waals surface area contributed by atoms with Crippen molar-refractivity contribution in [3.05, 3.63) is 77.8 Å². The first-order valence-corrected chi connectivity index (χ1v) is 8.00. The average molecular weight is 384 g/mol. The van der Waals surface area contributed by atoms with Crippen molar-refractivity contribution in [1.82, 2.24) is 9.97 Å². The van der Waals surface area contributed by atoms with E-state index in [9.17, 15) is 18.4 Å². The average Bonchev–Trinajstić information content (AvgIpc) is 2.71. The first kappa shape index (κ1) is 18.9. The maximum Gasteiger partial charge on any atom is 0.337 e. The lowest BCUT2D eigenvalue weighted by molar-refractivity contribution is 0.0600. The number of carbonyl (C=O) groups excluding carboxylic acids is 2. The molecule has 0 fully saturated rings. The van der Waals surface area contributed by atoms with Crippen LogP contribution in [-0.4, -0.2) is 29.0 Å². The Labute approximate surface area is 158 Å². The molecule has 0 saturated heterocycles. The van der Waals surface area contributed by atoms with Crippen molar-refractivity contribution in [2.45, 2.75) is 0 Å². The number of benzene rings is 2. The van der Waals surface area contributed by atoms with Crippen LogP contribution >= 0.6 is 0 Å². The summed E-state index contributed by atoms with van der Waals surface area (Å²) in [7, 11) is 1.28. The highest BCUT2D eigenvalue weighted by atomic mass is 19.1. The maximum atomic E-state index is 13.6. The van der Waals surface area contributed by atoms with E-state index >= 15 is 0 Å². The van der Waals surface area contributed by atoms with Gasteiger partial charge in [-0.1, -0.05) is 12.1 Å². The molecule has 0 aliphatic rings. The van der Waals surface area contributed by atoms with Gasteiger partial charge in [-0.05, 0) is 30.3 Å². The summed E-state index contributed by atoms with van der Waals surface area (Å²) < 4.78 is 31.9. The van der Waals surface area contributed by atoms with Crippen LogP contribution in [0.25, 0.3) is 0 Å². The van der Waals surface area contributed by atoms with Gasteiger partial charge in [-0.3, -0.25) is 4.79 Å². The van der Waals surface area contributed by atoms with Gasteiger partial charge < -0.3 is 15.4 Å². The zero-order valence-electron chi connectivity index (χ0n) is 14.6. The van der Waals surface area contributed by atoms with E-state index in [1.165, 1.54) is 19.4 Å². The highest BCUT2D eigenvalue weighted by Gasteiger charge is 2.15. The molecular weight excluding hydrogens is 370 g/mol. The van der Waals surface area contributed by atoms with Gasteiger partial charge in [0.2, 0.25) is 0 Å². The number of carbonyl (C=O) groups is 2. The van der Waals surface area contributed by atoms with Crippen LogP contribution in [0.1, 0.15) is 20.8 Å². The maximum absolute atomic E-state index is 13.6. The Kier molecular flexibility index (Phi) is 5.54. The lowest BCUT2D eigenvalue weighted by Gasteiger charge is -2.09. The number of hydrogen-bond acceptors (Lipinski definition) is 6. The SMILES string of the molecule is COC(=O)c1cccc(Nc2cnc(C(=O)Nc3c(F)cccc3F)cn2)c1. The Morgan fingerprint density at radius 3 is 2.36 bits per heavy atom. The molecule has 2 N–H and O–H groups in total. The molecular formula is C19H14F2N4O3. The highest BCUT2D eigenvalue weighted by molar-refractivity contribution is 6.02. The van der Waals surface area contributed by atoms with Gasteiger partial charge in [-0.15, -0.1) is 0 Å². The summed E-state index contributed by atoms with van der Waals surface area (Å²) in [6.07, 6.45) is 2.43. The minimum absolute atomic E-state index is 0.128. The third-order valence-electron chi connectivity index (χ3n) is 3.64. The molecule has 0 aliphatic heterocycles. The zero-order valence-corrected chi connectivity index (χ0v) is 14.6. The number of hydrogen-bond donors (Lipinski definition) is 2. The number of rotatable bonds is 5. The molecule has 0 atom stereocenters. The van der Waals surface area contributed by atoms with Gasteiger partial charge in [0.1, 0.15) is 28.8 Å². The van der Waals surface area contributed by atoms with Gasteiger partial charge in [0.05, 0.1) is 25.1 Å². The molecule has 1 amide bonds. The fourth-order valence-electron chi connectivity index (χ4n) is 2.29. The van der Waals surface area contributed by atoms with Gasteiger partial charge in [-0.25, -0.2) is 23.5 Å². The van der Waals surface area contributed by atoms with Crippen LogP contribution in [0.2, 0.25) is 0 Å². The van der Waals surface area contributed by atoms with E-state index in [1.54, 1.807) is 24.3 Å². The third-order valence-corrected chi connectivity index (χ3v) is 3.64. The van der Waals surface area contributed by atoms with Gasteiger partial charge in [-0.2, -0.15) is 0 Å². The molecule has 2 aromatic carbocycles. The minimum atomic E-state index is -0.898. The fraction of sp³-hybridized carbons (Fsp3) is 0.0526. The summed E-state index contributed by atoms with van der Waals surface area (Å²) in [4.78, 5) is 31.7. The molecule has 0 unspecified atom stereocenters. The Morgan fingerprint density at radius 1 is 1.00 bits per heavy atom. The summed E-state index contributed by atoms with van der Waals surface area (Å²) in [5.74, 6) is -2.79. The van der Waals surface area contributed by atoms with Gasteiger partial charge in [0, 0.05) is 5.69 Å². The smallest absolute Gasteiger partial charge is 0.337 e. The minimum Gasteiger partial charge on any atom is -0.465 e. The Morgan fingerprint density at radius 2 is 1.71 bits per heavy atom.